The lowest BCUT2D eigenvalue weighted by Crippen LogP contribution is -2.52. The van der Waals surface area contributed by atoms with E-state index in [9.17, 15) is 14.4 Å². The van der Waals surface area contributed by atoms with Crippen molar-refractivity contribution in [2.75, 3.05) is 37.7 Å². The van der Waals surface area contributed by atoms with Gasteiger partial charge in [0.25, 0.3) is 5.91 Å². The van der Waals surface area contributed by atoms with Gasteiger partial charge in [-0.05, 0) is 18.2 Å². The number of carbonyl (C=O) groups is 3. The van der Waals surface area contributed by atoms with Crippen molar-refractivity contribution in [3.8, 4) is 5.75 Å². The molecule has 3 rings (SSSR count). The monoisotopic (exact) mass is 398 g/mol. The summed E-state index contributed by atoms with van der Waals surface area (Å²) in [5, 5.41) is 9.01. The summed E-state index contributed by atoms with van der Waals surface area (Å²) in [4.78, 5) is 38.4. The Labute approximate surface area is 146 Å². The highest BCUT2D eigenvalue weighted by Crippen LogP contribution is 2.34. The third-order valence-corrected chi connectivity index (χ3v) is 4.35. The second-order valence-corrected chi connectivity index (χ2v) is 6.33. The van der Waals surface area contributed by atoms with Gasteiger partial charge in [-0.2, -0.15) is 0 Å². The maximum absolute atomic E-state index is 12.5. The number of ether oxygens (including phenoxy) is 2. The number of rotatable bonds is 3. The third kappa shape index (κ3) is 3.36. The number of fused-ring (bicyclic) bond motifs is 1. The lowest BCUT2D eigenvalue weighted by Gasteiger charge is -2.34. The van der Waals surface area contributed by atoms with E-state index in [-0.39, 0.29) is 38.1 Å². The number of benzene rings is 1. The van der Waals surface area contributed by atoms with Crippen LogP contribution in [0.3, 0.4) is 0 Å². The SMILES string of the molecule is O=C(O)[C@@H]1CN(C(=O)CN2C(=O)COc3cc(Br)ccc32)CCO1. The van der Waals surface area contributed by atoms with Gasteiger partial charge in [-0.15, -0.1) is 0 Å². The summed E-state index contributed by atoms with van der Waals surface area (Å²) in [6.45, 7) is 0.123. The highest BCUT2D eigenvalue weighted by atomic mass is 79.9. The second-order valence-electron chi connectivity index (χ2n) is 5.42. The molecule has 1 atom stereocenters. The van der Waals surface area contributed by atoms with Gasteiger partial charge in [0.1, 0.15) is 12.3 Å². The predicted molar refractivity (Wildman–Crippen MR) is 85.9 cm³/mol. The minimum absolute atomic E-state index is 0.0279. The summed E-state index contributed by atoms with van der Waals surface area (Å²) >= 11 is 3.33. The van der Waals surface area contributed by atoms with Crippen molar-refractivity contribution in [2.24, 2.45) is 0 Å². The van der Waals surface area contributed by atoms with Gasteiger partial charge in [-0.3, -0.25) is 14.5 Å². The normalized spacial score (nSPS) is 20.4. The van der Waals surface area contributed by atoms with Crippen molar-refractivity contribution in [3.63, 3.8) is 0 Å². The minimum Gasteiger partial charge on any atom is -0.482 e. The summed E-state index contributed by atoms with van der Waals surface area (Å²) in [7, 11) is 0. The fourth-order valence-electron chi connectivity index (χ4n) is 2.61. The molecule has 9 heteroatoms. The molecule has 0 aliphatic carbocycles. The number of anilines is 1. The van der Waals surface area contributed by atoms with Gasteiger partial charge in [0.2, 0.25) is 5.91 Å². The maximum atomic E-state index is 12.5. The first-order chi connectivity index (χ1) is 11.5. The summed E-state index contributed by atoms with van der Waals surface area (Å²) in [5.41, 5.74) is 0.519. The standard InChI is InChI=1S/C15H15BrN2O6/c16-9-1-2-10-11(5-9)24-8-14(20)18(10)7-13(19)17-3-4-23-12(6-17)15(21)22/h1-2,5,12H,3-4,6-8H2,(H,21,22)/t12-/m0/s1. The average molecular weight is 399 g/mol. The zero-order chi connectivity index (χ0) is 17.3. The number of aliphatic carboxylic acids is 1. The molecule has 8 nitrogen and oxygen atoms in total. The van der Waals surface area contributed by atoms with Gasteiger partial charge >= 0.3 is 5.97 Å². The maximum Gasteiger partial charge on any atom is 0.334 e. The number of carboxylic acids is 1. The van der Waals surface area contributed by atoms with E-state index in [1.54, 1.807) is 18.2 Å². The molecule has 2 heterocycles. The van der Waals surface area contributed by atoms with Crippen LogP contribution < -0.4 is 9.64 Å². The molecule has 0 radical (unpaired) electrons. The molecule has 0 aromatic heterocycles. The molecule has 1 aromatic carbocycles. The Hall–Kier alpha value is -2.13. The Bertz CT molecular complexity index is 695. The molecular formula is C15H15BrN2O6. The van der Waals surface area contributed by atoms with Crippen LogP contribution in [0, 0.1) is 0 Å². The molecule has 0 saturated carbocycles. The Morgan fingerprint density at radius 3 is 2.92 bits per heavy atom. The van der Waals surface area contributed by atoms with Crippen LogP contribution >= 0.6 is 15.9 Å². The van der Waals surface area contributed by atoms with Gasteiger partial charge in [-0.1, -0.05) is 15.9 Å². The van der Waals surface area contributed by atoms with Gasteiger partial charge < -0.3 is 19.5 Å². The van der Waals surface area contributed by atoms with Crippen LogP contribution in [0.1, 0.15) is 0 Å². The van der Waals surface area contributed by atoms with Crippen molar-refractivity contribution in [2.45, 2.75) is 6.10 Å². The van der Waals surface area contributed by atoms with Crippen LogP contribution in [-0.2, 0) is 19.1 Å². The molecule has 128 valence electrons. The van der Waals surface area contributed by atoms with E-state index in [1.165, 1.54) is 9.80 Å². The van der Waals surface area contributed by atoms with Crippen molar-refractivity contribution in [1.29, 1.82) is 0 Å². The number of morpholine rings is 1. The van der Waals surface area contributed by atoms with Crippen molar-refractivity contribution < 1.29 is 29.0 Å². The highest BCUT2D eigenvalue weighted by molar-refractivity contribution is 9.10. The van der Waals surface area contributed by atoms with E-state index in [1.807, 2.05) is 0 Å². The topological polar surface area (TPSA) is 96.4 Å². The molecule has 1 fully saturated rings. The Kier molecular flexibility index (Phi) is 4.72. The van der Waals surface area contributed by atoms with E-state index in [0.29, 0.717) is 18.0 Å². The summed E-state index contributed by atoms with van der Waals surface area (Å²) in [6, 6.07) is 5.19. The van der Waals surface area contributed by atoms with Crippen molar-refractivity contribution in [3.05, 3.63) is 22.7 Å². The summed E-state index contributed by atoms with van der Waals surface area (Å²) < 4.78 is 11.3. The number of nitrogens with zero attached hydrogens (tertiary/aromatic N) is 2. The second kappa shape index (κ2) is 6.78. The minimum atomic E-state index is -1.11. The van der Waals surface area contributed by atoms with Crippen LogP contribution in [0.25, 0.3) is 0 Å². The number of carboxylic acid groups (broad SMARTS) is 1. The Balaban J connectivity index is 1.74. The Morgan fingerprint density at radius 1 is 1.38 bits per heavy atom. The van der Waals surface area contributed by atoms with E-state index >= 15 is 0 Å². The van der Waals surface area contributed by atoms with Crippen LogP contribution in [0.5, 0.6) is 5.75 Å². The van der Waals surface area contributed by atoms with Gasteiger partial charge in [0.15, 0.2) is 12.7 Å². The van der Waals surface area contributed by atoms with Crippen LogP contribution in [0.15, 0.2) is 22.7 Å². The molecule has 0 bridgehead atoms. The highest BCUT2D eigenvalue weighted by Gasteiger charge is 2.32. The lowest BCUT2D eigenvalue weighted by molar-refractivity contribution is -0.159. The van der Waals surface area contributed by atoms with Crippen molar-refractivity contribution >= 4 is 39.4 Å². The number of hydrogen-bond acceptors (Lipinski definition) is 5. The fraction of sp³-hybridized carbons (Fsp3) is 0.400. The zero-order valence-electron chi connectivity index (χ0n) is 12.6. The van der Waals surface area contributed by atoms with E-state index in [2.05, 4.69) is 15.9 Å². The van der Waals surface area contributed by atoms with Crippen molar-refractivity contribution in [1.82, 2.24) is 4.90 Å². The van der Waals surface area contributed by atoms with E-state index in [4.69, 9.17) is 14.6 Å². The molecular weight excluding hydrogens is 384 g/mol. The third-order valence-electron chi connectivity index (χ3n) is 3.85. The molecule has 1 saturated heterocycles. The number of hydrogen-bond donors (Lipinski definition) is 1. The van der Waals surface area contributed by atoms with E-state index in [0.717, 1.165) is 4.47 Å². The molecule has 1 aromatic rings. The molecule has 0 spiro atoms. The first-order valence-electron chi connectivity index (χ1n) is 7.30. The first kappa shape index (κ1) is 16.7. The smallest absolute Gasteiger partial charge is 0.334 e. The quantitative estimate of drug-likeness (QED) is 0.795. The lowest BCUT2D eigenvalue weighted by atomic mass is 10.2. The van der Waals surface area contributed by atoms with Crippen LogP contribution in [0.2, 0.25) is 0 Å². The van der Waals surface area contributed by atoms with Crippen LogP contribution in [-0.4, -0.2) is 66.7 Å². The molecule has 2 amide bonds. The van der Waals surface area contributed by atoms with Gasteiger partial charge in [0, 0.05) is 11.0 Å². The van der Waals surface area contributed by atoms with E-state index < -0.39 is 12.1 Å². The first-order valence-corrected chi connectivity index (χ1v) is 8.10. The molecule has 1 N–H and O–H groups in total. The Morgan fingerprint density at radius 2 is 2.17 bits per heavy atom. The average Bonchev–Trinajstić information content (AvgIpc) is 2.57. The van der Waals surface area contributed by atoms with Gasteiger partial charge in [-0.25, -0.2) is 4.79 Å². The molecule has 2 aliphatic heterocycles. The largest absolute Gasteiger partial charge is 0.482 e. The summed E-state index contributed by atoms with van der Waals surface area (Å²) in [5.74, 6) is -1.23. The fourth-order valence-corrected chi connectivity index (χ4v) is 2.95. The number of carbonyl (C=O) groups excluding carboxylic acids is 2. The zero-order valence-corrected chi connectivity index (χ0v) is 14.2. The predicted octanol–water partition coefficient (Wildman–Crippen LogP) is 0.486. The number of halogens is 1. The van der Waals surface area contributed by atoms with Gasteiger partial charge in [0.05, 0.1) is 18.8 Å². The molecule has 0 unspecified atom stereocenters. The number of amides is 2. The van der Waals surface area contributed by atoms with Crippen LogP contribution in [0.4, 0.5) is 5.69 Å². The molecule has 2 aliphatic rings. The summed E-state index contributed by atoms with van der Waals surface area (Å²) in [6.07, 6.45) is -1.04. The molecule has 24 heavy (non-hydrogen) atoms.